The number of amides is 1. The minimum atomic E-state index is -0.591. The number of carbonyl (C=O) groups is 1. The molecule has 10 heteroatoms. The van der Waals surface area contributed by atoms with Crippen LogP contribution < -0.4 is 0 Å². The van der Waals surface area contributed by atoms with Gasteiger partial charge in [0.1, 0.15) is 23.1 Å². The molecule has 1 amide bonds. The predicted molar refractivity (Wildman–Crippen MR) is 122 cm³/mol. The van der Waals surface area contributed by atoms with Crippen molar-refractivity contribution in [2.45, 2.75) is 31.2 Å². The number of oxazole rings is 1. The van der Waals surface area contributed by atoms with Crippen molar-refractivity contribution in [1.82, 2.24) is 34.4 Å². The molecular formula is C25H20FN7O2. The minimum absolute atomic E-state index is 0.198. The van der Waals surface area contributed by atoms with E-state index in [1.54, 1.807) is 35.8 Å². The van der Waals surface area contributed by atoms with E-state index in [4.69, 9.17) is 4.42 Å². The molecule has 7 rings (SSSR count). The van der Waals surface area contributed by atoms with Gasteiger partial charge in [-0.2, -0.15) is 5.10 Å². The number of rotatable bonds is 4. The Morgan fingerprint density at radius 3 is 2.86 bits per heavy atom. The Hall–Kier alpha value is -4.34. The number of imidazole rings is 1. The first-order valence-electron chi connectivity index (χ1n) is 11.6. The normalized spacial score (nSPS) is 17.6. The number of aromatic nitrogens is 6. The third-order valence-electron chi connectivity index (χ3n) is 6.63. The lowest BCUT2D eigenvalue weighted by atomic mass is 9.99. The molecule has 1 saturated carbocycles. The van der Waals surface area contributed by atoms with Crippen molar-refractivity contribution in [3.63, 3.8) is 0 Å². The Bertz CT molecular complexity index is 1570. The molecule has 0 radical (unpaired) electrons. The summed E-state index contributed by atoms with van der Waals surface area (Å²) in [7, 11) is 0. The van der Waals surface area contributed by atoms with Crippen LogP contribution in [0.3, 0.4) is 0 Å². The van der Waals surface area contributed by atoms with E-state index in [1.165, 1.54) is 10.6 Å². The maximum atomic E-state index is 14.4. The fraction of sp³-hybridized carbons (Fsp3) is 0.240. The van der Waals surface area contributed by atoms with Gasteiger partial charge in [0.05, 0.1) is 23.4 Å². The van der Waals surface area contributed by atoms with E-state index in [0.29, 0.717) is 47.1 Å². The fourth-order valence-electron chi connectivity index (χ4n) is 4.78. The fourth-order valence-corrected chi connectivity index (χ4v) is 4.78. The zero-order chi connectivity index (χ0) is 23.5. The maximum absolute atomic E-state index is 14.4. The van der Waals surface area contributed by atoms with E-state index in [2.05, 4.69) is 25.0 Å². The van der Waals surface area contributed by atoms with E-state index >= 15 is 0 Å². The van der Waals surface area contributed by atoms with Gasteiger partial charge in [0.2, 0.25) is 11.7 Å². The van der Waals surface area contributed by atoms with E-state index in [1.807, 2.05) is 18.2 Å². The van der Waals surface area contributed by atoms with Crippen LogP contribution in [0, 0.1) is 5.82 Å². The largest absolute Gasteiger partial charge is 0.429 e. The van der Waals surface area contributed by atoms with Crippen molar-refractivity contribution in [3.8, 4) is 11.6 Å². The molecule has 5 aromatic rings. The Morgan fingerprint density at radius 1 is 1.14 bits per heavy atom. The number of hydrogen-bond acceptors (Lipinski definition) is 6. The third kappa shape index (κ3) is 3.24. The first-order chi connectivity index (χ1) is 17.2. The van der Waals surface area contributed by atoms with Crippen LogP contribution in [0.5, 0.6) is 0 Å². The van der Waals surface area contributed by atoms with Gasteiger partial charge in [0.25, 0.3) is 5.91 Å². The molecule has 174 valence electrons. The summed E-state index contributed by atoms with van der Waals surface area (Å²) in [5, 5.41) is 4.60. The van der Waals surface area contributed by atoms with Crippen LogP contribution in [0.1, 0.15) is 58.1 Å². The van der Waals surface area contributed by atoms with Crippen LogP contribution in [0.25, 0.3) is 17.1 Å². The molecular weight excluding hydrogens is 449 g/mol. The smallest absolute Gasteiger partial charge is 0.292 e. The number of nitrogens with one attached hydrogen (secondary N) is 1. The second-order valence-corrected chi connectivity index (χ2v) is 8.90. The van der Waals surface area contributed by atoms with Gasteiger partial charge in [0, 0.05) is 37.0 Å². The topological polar surface area (TPSA) is 105 Å². The molecule has 1 atom stereocenters. The second kappa shape index (κ2) is 7.59. The molecule has 0 unspecified atom stereocenters. The van der Waals surface area contributed by atoms with Crippen molar-refractivity contribution in [2.24, 2.45) is 0 Å². The Kier molecular flexibility index (Phi) is 4.35. The lowest BCUT2D eigenvalue weighted by Crippen LogP contribution is -2.41. The summed E-state index contributed by atoms with van der Waals surface area (Å²) in [6, 6.07) is 9.55. The molecule has 5 aromatic heterocycles. The summed E-state index contributed by atoms with van der Waals surface area (Å²) in [6.45, 7) is 0.429. The number of H-pyrrole nitrogens is 1. The molecule has 0 aromatic carbocycles. The average molecular weight is 469 g/mol. The van der Waals surface area contributed by atoms with Gasteiger partial charge >= 0.3 is 0 Å². The minimum Gasteiger partial charge on any atom is -0.429 e. The standard InChI is InChI=1S/C25H20FN7O2/c26-15-4-3-10-33-19(15)12-18(31-33)22-21-16(28-13-29-21)8-11-32(22)25(34)23-20(14-6-7-14)30-24(35-23)17-5-1-2-9-27-17/h1-5,9-10,12-14,22H,6-8,11H2,(H,28,29)/t22-/m1/s1. The third-order valence-corrected chi connectivity index (χ3v) is 6.63. The van der Waals surface area contributed by atoms with Crippen LogP contribution in [0.4, 0.5) is 4.39 Å². The van der Waals surface area contributed by atoms with Crippen molar-refractivity contribution >= 4 is 11.4 Å². The number of halogens is 1. The summed E-state index contributed by atoms with van der Waals surface area (Å²) in [4.78, 5) is 32.4. The first-order valence-corrected chi connectivity index (χ1v) is 11.6. The van der Waals surface area contributed by atoms with E-state index < -0.39 is 6.04 Å². The number of aromatic amines is 1. The zero-order valence-electron chi connectivity index (χ0n) is 18.6. The predicted octanol–water partition coefficient (Wildman–Crippen LogP) is 3.91. The van der Waals surface area contributed by atoms with Crippen molar-refractivity contribution in [3.05, 3.63) is 89.5 Å². The molecule has 1 aliphatic carbocycles. The highest BCUT2D eigenvalue weighted by Gasteiger charge is 2.41. The summed E-state index contributed by atoms with van der Waals surface area (Å²) in [5.41, 5.74) is 3.76. The van der Waals surface area contributed by atoms with Gasteiger partial charge in [-0.25, -0.2) is 18.9 Å². The molecule has 1 fully saturated rings. The van der Waals surface area contributed by atoms with Crippen molar-refractivity contribution in [2.75, 3.05) is 6.54 Å². The SMILES string of the molecule is O=C(c1oc(-c2ccccn2)nc1C1CC1)N1CCc2[nH]cnc2[C@H]1c1cc2c(F)cccn2n1. The highest BCUT2D eigenvalue weighted by atomic mass is 19.1. The van der Waals surface area contributed by atoms with Crippen LogP contribution in [0.15, 0.2) is 59.5 Å². The highest BCUT2D eigenvalue weighted by molar-refractivity contribution is 5.94. The van der Waals surface area contributed by atoms with E-state index in [-0.39, 0.29) is 23.4 Å². The summed E-state index contributed by atoms with van der Waals surface area (Å²) in [6.07, 6.45) is 7.51. The van der Waals surface area contributed by atoms with Crippen molar-refractivity contribution < 1.29 is 13.6 Å². The summed E-state index contributed by atoms with van der Waals surface area (Å²) < 4.78 is 22.0. The lowest BCUT2D eigenvalue weighted by Gasteiger charge is -2.33. The monoisotopic (exact) mass is 469 g/mol. The number of pyridine rings is 2. The summed E-state index contributed by atoms with van der Waals surface area (Å²) in [5.74, 6) is 0.0987. The van der Waals surface area contributed by atoms with Gasteiger partial charge in [-0.1, -0.05) is 6.07 Å². The number of hydrogen-bond donors (Lipinski definition) is 1. The van der Waals surface area contributed by atoms with Gasteiger partial charge in [-0.05, 0) is 43.2 Å². The van der Waals surface area contributed by atoms with Gasteiger partial charge < -0.3 is 14.3 Å². The molecule has 0 bridgehead atoms. The average Bonchev–Trinajstić information content (AvgIpc) is 3.28. The molecule has 6 heterocycles. The maximum Gasteiger partial charge on any atom is 0.292 e. The lowest BCUT2D eigenvalue weighted by molar-refractivity contribution is 0.0653. The zero-order valence-corrected chi connectivity index (χ0v) is 18.6. The Labute approximate surface area is 198 Å². The molecule has 2 aliphatic rings. The van der Waals surface area contributed by atoms with E-state index in [9.17, 15) is 9.18 Å². The van der Waals surface area contributed by atoms with Gasteiger partial charge in [0.15, 0.2) is 0 Å². The van der Waals surface area contributed by atoms with Crippen LogP contribution in [-0.4, -0.2) is 46.9 Å². The van der Waals surface area contributed by atoms with Gasteiger partial charge in [-0.3, -0.25) is 9.78 Å². The first kappa shape index (κ1) is 20.1. The number of carbonyl (C=O) groups excluding carboxylic acids is 1. The number of fused-ring (bicyclic) bond motifs is 2. The number of nitrogens with zero attached hydrogens (tertiary/aromatic N) is 6. The molecule has 9 nitrogen and oxygen atoms in total. The Morgan fingerprint density at radius 2 is 2.06 bits per heavy atom. The quantitative estimate of drug-likeness (QED) is 0.428. The van der Waals surface area contributed by atoms with Crippen LogP contribution >= 0.6 is 0 Å². The van der Waals surface area contributed by atoms with E-state index in [0.717, 1.165) is 18.5 Å². The van der Waals surface area contributed by atoms with Crippen LogP contribution in [0.2, 0.25) is 0 Å². The van der Waals surface area contributed by atoms with Crippen molar-refractivity contribution in [1.29, 1.82) is 0 Å². The van der Waals surface area contributed by atoms with Gasteiger partial charge in [-0.15, -0.1) is 0 Å². The molecule has 35 heavy (non-hydrogen) atoms. The molecule has 1 aliphatic heterocycles. The molecule has 1 N–H and O–H groups in total. The Balaban J connectivity index is 1.34. The molecule has 0 spiro atoms. The van der Waals surface area contributed by atoms with Crippen LogP contribution in [-0.2, 0) is 6.42 Å². The molecule has 0 saturated heterocycles. The summed E-state index contributed by atoms with van der Waals surface area (Å²) >= 11 is 0. The second-order valence-electron chi connectivity index (χ2n) is 8.90. The highest BCUT2D eigenvalue weighted by Crippen LogP contribution is 2.43.